The molecule has 0 fully saturated rings. The number of hydrogen-bond donors (Lipinski definition) is 0. The number of fused-ring (bicyclic) bond motifs is 1. The number of carbonyl (C=O) groups is 1. The van der Waals surface area contributed by atoms with E-state index in [1.807, 2.05) is 54.3 Å². The Morgan fingerprint density at radius 1 is 1.13 bits per heavy atom. The molecule has 0 aliphatic heterocycles. The molecule has 4 nitrogen and oxygen atoms in total. The third kappa shape index (κ3) is 4.44. The van der Waals surface area contributed by atoms with Gasteiger partial charge in [0.05, 0.1) is 17.1 Å². The lowest BCUT2D eigenvalue weighted by Gasteiger charge is -2.22. The monoisotopic (exact) mass is 471 g/mol. The number of hydrogen-bond acceptors (Lipinski definition) is 5. The first-order valence-electron chi connectivity index (χ1n) is 9.34. The van der Waals surface area contributed by atoms with Crippen LogP contribution in [0.4, 0.5) is 5.69 Å². The number of halogens is 1. The van der Waals surface area contributed by atoms with Crippen LogP contribution in [0.2, 0.25) is 5.02 Å². The predicted molar refractivity (Wildman–Crippen MR) is 130 cm³/mol. The van der Waals surface area contributed by atoms with Gasteiger partial charge in [0.2, 0.25) is 5.91 Å². The zero-order valence-corrected chi connectivity index (χ0v) is 19.3. The molecule has 0 N–H and O–H groups in total. The van der Waals surface area contributed by atoms with Crippen LogP contribution in [0.25, 0.3) is 16.5 Å². The molecule has 1 amide bonds. The summed E-state index contributed by atoms with van der Waals surface area (Å²) in [6.07, 6.45) is 0. The van der Waals surface area contributed by atoms with Crippen molar-refractivity contribution in [2.45, 2.75) is 11.3 Å². The molecule has 0 radical (unpaired) electrons. The highest BCUT2D eigenvalue weighted by Gasteiger charge is 2.17. The number of benzene rings is 3. The van der Waals surface area contributed by atoms with E-state index >= 15 is 0 Å². The summed E-state index contributed by atoms with van der Waals surface area (Å²) in [5.74, 6) is 0.331. The van der Waals surface area contributed by atoms with E-state index in [9.17, 15) is 4.79 Å². The van der Waals surface area contributed by atoms with E-state index in [0.29, 0.717) is 21.3 Å². The van der Waals surface area contributed by atoms with Crippen molar-refractivity contribution in [1.82, 2.24) is 9.78 Å². The molecule has 4 rings (SSSR count). The maximum Gasteiger partial charge on any atom is 0.237 e. The van der Waals surface area contributed by atoms with Crippen molar-refractivity contribution >= 4 is 69.3 Å². The quantitative estimate of drug-likeness (QED) is 0.234. The van der Waals surface area contributed by atoms with E-state index < -0.39 is 0 Å². The molecule has 30 heavy (non-hydrogen) atoms. The number of amides is 1. The molecule has 0 spiro atoms. The molecule has 1 aromatic heterocycles. The van der Waals surface area contributed by atoms with Gasteiger partial charge < -0.3 is 4.90 Å². The first-order chi connectivity index (χ1) is 14.6. The molecule has 0 saturated heterocycles. The zero-order chi connectivity index (χ0) is 21.1. The Balaban J connectivity index is 1.52. The van der Waals surface area contributed by atoms with Gasteiger partial charge in [0, 0.05) is 17.0 Å². The summed E-state index contributed by atoms with van der Waals surface area (Å²) >= 11 is 14.2. The van der Waals surface area contributed by atoms with Crippen LogP contribution >= 0.6 is 46.9 Å². The van der Waals surface area contributed by atoms with Crippen molar-refractivity contribution in [1.29, 1.82) is 0 Å². The van der Waals surface area contributed by atoms with Gasteiger partial charge in [0.1, 0.15) is 0 Å². The number of thioether (sulfide) groups is 1. The number of rotatable bonds is 6. The van der Waals surface area contributed by atoms with Gasteiger partial charge >= 0.3 is 0 Å². The van der Waals surface area contributed by atoms with Crippen molar-refractivity contribution in [3.8, 4) is 5.69 Å². The van der Waals surface area contributed by atoms with Crippen molar-refractivity contribution in [2.24, 2.45) is 0 Å². The molecule has 4 aromatic rings. The molecule has 8 heteroatoms. The van der Waals surface area contributed by atoms with Crippen LogP contribution in [0.5, 0.6) is 0 Å². The summed E-state index contributed by atoms with van der Waals surface area (Å²) in [5, 5.41) is 7.42. The minimum Gasteiger partial charge on any atom is -0.311 e. The Kier molecular flexibility index (Phi) is 6.53. The maximum atomic E-state index is 13.0. The largest absolute Gasteiger partial charge is 0.311 e. The normalized spacial score (nSPS) is 11.0. The summed E-state index contributed by atoms with van der Waals surface area (Å²) in [4.78, 5) is 14.8. The van der Waals surface area contributed by atoms with Gasteiger partial charge in [-0.05, 0) is 54.9 Å². The predicted octanol–water partition coefficient (Wildman–Crippen LogP) is 6.62. The topological polar surface area (TPSA) is 38.1 Å². The number of aromatic nitrogens is 2. The fourth-order valence-electron chi connectivity index (χ4n) is 3.19. The Labute approximate surface area is 193 Å². The first-order valence-corrected chi connectivity index (χ1v) is 11.9. The second-order valence-electron chi connectivity index (χ2n) is 6.45. The Bertz CT molecular complexity index is 1250. The standard InChI is InChI=1S/C22H18ClN3OS3/c1-2-25(19-9-5-7-15-6-3-4-8-18(15)19)20(27)14-29-21-24-26(22(28)30-21)17-12-10-16(23)11-13-17/h3-13H,2,14H2,1H3. The van der Waals surface area contributed by atoms with E-state index in [2.05, 4.69) is 17.2 Å². The third-order valence-electron chi connectivity index (χ3n) is 4.59. The smallest absolute Gasteiger partial charge is 0.237 e. The minimum atomic E-state index is 0.0398. The van der Waals surface area contributed by atoms with Crippen LogP contribution < -0.4 is 4.90 Å². The van der Waals surface area contributed by atoms with Gasteiger partial charge in [-0.25, -0.2) is 4.68 Å². The molecule has 0 bridgehead atoms. The highest BCUT2D eigenvalue weighted by atomic mass is 35.5. The summed E-state index contributed by atoms with van der Waals surface area (Å²) in [5.41, 5.74) is 1.78. The molecule has 3 aromatic carbocycles. The summed E-state index contributed by atoms with van der Waals surface area (Å²) in [6.45, 7) is 2.59. The van der Waals surface area contributed by atoms with Crippen LogP contribution in [-0.4, -0.2) is 28.0 Å². The molecular formula is C22H18ClN3OS3. The van der Waals surface area contributed by atoms with E-state index in [4.69, 9.17) is 23.8 Å². The van der Waals surface area contributed by atoms with Gasteiger partial charge in [0.25, 0.3) is 0 Å². The Morgan fingerprint density at radius 2 is 1.87 bits per heavy atom. The SMILES string of the molecule is CCN(C(=O)CSc1nn(-c2ccc(Cl)cc2)c(=S)s1)c1cccc2ccccc12. The summed E-state index contributed by atoms with van der Waals surface area (Å²) < 4.78 is 3.09. The average Bonchev–Trinajstić information content (AvgIpc) is 3.14. The number of nitrogens with zero attached hydrogens (tertiary/aromatic N) is 3. The van der Waals surface area contributed by atoms with E-state index in [0.717, 1.165) is 26.5 Å². The van der Waals surface area contributed by atoms with Crippen LogP contribution in [0.1, 0.15) is 6.92 Å². The fourth-order valence-corrected chi connectivity index (χ4v) is 5.55. The molecule has 0 unspecified atom stereocenters. The number of anilines is 1. The van der Waals surface area contributed by atoms with Crippen molar-refractivity contribution in [2.75, 3.05) is 17.2 Å². The van der Waals surface area contributed by atoms with Crippen LogP contribution in [0, 0.1) is 3.95 Å². The van der Waals surface area contributed by atoms with Crippen LogP contribution in [0.15, 0.2) is 71.1 Å². The van der Waals surface area contributed by atoms with Gasteiger partial charge in [-0.1, -0.05) is 71.1 Å². The van der Waals surface area contributed by atoms with E-state index in [1.165, 1.54) is 23.1 Å². The highest BCUT2D eigenvalue weighted by Crippen LogP contribution is 2.29. The number of carbonyl (C=O) groups excluding carboxylic acids is 1. The molecule has 0 saturated carbocycles. The second kappa shape index (κ2) is 9.31. The van der Waals surface area contributed by atoms with Crippen molar-refractivity contribution in [3.05, 3.63) is 75.7 Å². The van der Waals surface area contributed by atoms with Gasteiger partial charge in [-0.3, -0.25) is 4.79 Å². The average molecular weight is 472 g/mol. The molecular weight excluding hydrogens is 454 g/mol. The minimum absolute atomic E-state index is 0.0398. The van der Waals surface area contributed by atoms with Gasteiger partial charge in [-0.2, -0.15) is 0 Å². The lowest BCUT2D eigenvalue weighted by Crippen LogP contribution is -2.32. The Hall–Kier alpha value is -2.19. The highest BCUT2D eigenvalue weighted by molar-refractivity contribution is 8.01. The van der Waals surface area contributed by atoms with Crippen molar-refractivity contribution < 1.29 is 4.79 Å². The van der Waals surface area contributed by atoms with Gasteiger partial charge in [0.15, 0.2) is 8.29 Å². The molecule has 1 heterocycles. The summed E-state index contributed by atoms with van der Waals surface area (Å²) in [7, 11) is 0. The molecule has 0 aliphatic rings. The maximum absolute atomic E-state index is 13.0. The summed E-state index contributed by atoms with van der Waals surface area (Å²) in [6, 6.07) is 21.5. The van der Waals surface area contributed by atoms with E-state index in [-0.39, 0.29) is 5.91 Å². The lowest BCUT2D eigenvalue weighted by molar-refractivity contribution is -0.116. The fraction of sp³-hybridized carbons (Fsp3) is 0.136. The van der Waals surface area contributed by atoms with Crippen LogP contribution in [-0.2, 0) is 4.79 Å². The Morgan fingerprint density at radius 3 is 2.63 bits per heavy atom. The van der Waals surface area contributed by atoms with E-state index in [1.54, 1.807) is 16.8 Å². The molecule has 0 aliphatic carbocycles. The third-order valence-corrected chi connectivity index (χ3v) is 7.20. The second-order valence-corrected chi connectivity index (χ2v) is 9.73. The lowest BCUT2D eigenvalue weighted by atomic mass is 10.1. The van der Waals surface area contributed by atoms with Crippen LogP contribution in [0.3, 0.4) is 0 Å². The molecule has 0 atom stereocenters. The van der Waals surface area contributed by atoms with Gasteiger partial charge in [-0.15, -0.1) is 5.10 Å². The zero-order valence-electron chi connectivity index (χ0n) is 16.1. The molecule has 152 valence electrons. The first kappa shape index (κ1) is 21.1. The van der Waals surface area contributed by atoms with Crippen molar-refractivity contribution in [3.63, 3.8) is 0 Å².